The molecule has 0 unspecified atom stereocenters. The molecule has 0 saturated carbocycles. The lowest BCUT2D eigenvalue weighted by Crippen LogP contribution is -2.42. The van der Waals surface area contributed by atoms with E-state index in [1.165, 1.54) is 17.4 Å². The predicted molar refractivity (Wildman–Crippen MR) is 93.7 cm³/mol. The van der Waals surface area contributed by atoms with Crippen LogP contribution in [0.2, 0.25) is 0 Å². The summed E-state index contributed by atoms with van der Waals surface area (Å²) in [6.07, 6.45) is 2.66. The molecule has 0 fully saturated rings. The molecule has 1 N–H and O–H groups in total. The molecule has 0 spiro atoms. The second-order valence-electron chi connectivity index (χ2n) is 5.26. The van der Waals surface area contributed by atoms with Crippen LogP contribution in [0.4, 0.5) is 0 Å². The topological polar surface area (TPSA) is 73.9 Å². The first-order valence-electron chi connectivity index (χ1n) is 7.74. The third kappa shape index (κ3) is 5.09. The average Bonchev–Trinajstić information content (AvgIpc) is 3.16. The van der Waals surface area contributed by atoms with Gasteiger partial charge >= 0.3 is 5.97 Å². The molecule has 1 amide bonds. The highest BCUT2D eigenvalue weighted by Crippen LogP contribution is 2.30. The number of amides is 1. The number of hydrogen-bond donors (Lipinski definition) is 1. The lowest BCUT2D eigenvalue weighted by molar-refractivity contribution is -0.143. The predicted octanol–water partition coefficient (Wildman–Crippen LogP) is 2.26. The molecular formula is C18H17NO5S. The molecule has 1 aromatic heterocycles. The van der Waals surface area contributed by atoms with Crippen molar-refractivity contribution in [3.63, 3.8) is 0 Å². The van der Waals surface area contributed by atoms with E-state index in [1.807, 2.05) is 41.8 Å². The van der Waals surface area contributed by atoms with Gasteiger partial charge in [-0.05, 0) is 29.7 Å². The Bertz CT molecular complexity index is 757. The molecule has 7 heteroatoms. The molecule has 1 aliphatic rings. The molecule has 0 bridgehead atoms. The molecule has 2 aromatic rings. The van der Waals surface area contributed by atoms with Crippen LogP contribution in [0.15, 0.2) is 47.9 Å². The highest BCUT2D eigenvalue weighted by molar-refractivity contribution is 7.10. The second-order valence-corrected chi connectivity index (χ2v) is 6.24. The Morgan fingerprint density at radius 2 is 2.08 bits per heavy atom. The highest BCUT2D eigenvalue weighted by atomic mass is 32.1. The van der Waals surface area contributed by atoms with Gasteiger partial charge in [-0.2, -0.15) is 0 Å². The minimum Gasteiger partial charge on any atom is -0.486 e. The maximum Gasteiger partial charge on any atom is 0.331 e. The number of fused-ring (bicyclic) bond motifs is 1. The number of rotatable bonds is 6. The van der Waals surface area contributed by atoms with E-state index < -0.39 is 5.97 Å². The molecular weight excluding hydrogens is 342 g/mol. The second kappa shape index (κ2) is 8.34. The van der Waals surface area contributed by atoms with Crippen LogP contribution >= 0.6 is 11.3 Å². The first-order valence-corrected chi connectivity index (χ1v) is 8.62. The van der Waals surface area contributed by atoms with Crippen LogP contribution < -0.4 is 14.8 Å². The maximum absolute atomic E-state index is 11.8. The first kappa shape index (κ1) is 17.0. The molecule has 1 atom stereocenters. The van der Waals surface area contributed by atoms with E-state index in [-0.39, 0.29) is 25.2 Å². The van der Waals surface area contributed by atoms with Crippen molar-refractivity contribution < 1.29 is 23.8 Å². The molecule has 6 nitrogen and oxygen atoms in total. The van der Waals surface area contributed by atoms with Gasteiger partial charge in [-0.25, -0.2) is 4.79 Å². The Morgan fingerprint density at radius 3 is 2.88 bits per heavy atom. The van der Waals surface area contributed by atoms with E-state index in [0.717, 1.165) is 4.88 Å². The van der Waals surface area contributed by atoms with Crippen molar-refractivity contribution in [1.29, 1.82) is 0 Å². The fourth-order valence-corrected chi connectivity index (χ4v) is 2.78. The summed E-state index contributed by atoms with van der Waals surface area (Å²) in [5, 5.41) is 4.58. The van der Waals surface area contributed by atoms with Gasteiger partial charge < -0.3 is 19.5 Å². The molecule has 0 saturated heterocycles. The highest BCUT2D eigenvalue weighted by Gasteiger charge is 2.21. The van der Waals surface area contributed by atoms with Gasteiger partial charge in [-0.1, -0.05) is 18.2 Å². The maximum atomic E-state index is 11.8. The van der Waals surface area contributed by atoms with Gasteiger partial charge in [0.1, 0.15) is 12.7 Å². The molecule has 3 rings (SSSR count). The van der Waals surface area contributed by atoms with Gasteiger partial charge in [0.05, 0.1) is 6.54 Å². The molecule has 0 radical (unpaired) electrons. The number of esters is 1. The number of para-hydroxylation sites is 2. The minimum atomic E-state index is -0.560. The summed E-state index contributed by atoms with van der Waals surface area (Å²) >= 11 is 1.51. The summed E-state index contributed by atoms with van der Waals surface area (Å²) in [6.45, 7) is 0.286. The summed E-state index contributed by atoms with van der Waals surface area (Å²) in [6, 6.07) is 11.1. The zero-order valence-electron chi connectivity index (χ0n) is 13.3. The molecule has 1 aromatic carbocycles. The first-order chi connectivity index (χ1) is 12.2. The Kier molecular flexibility index (Phi) is 5.69. The van der Waals surface area contributed by atoms with E-state index in [4.69, 9.17) is 14.2 Å². The molecule has 2 heterocycles. The van der Waals surface area contributed by atoms with Crippen LogP contribution in [0, 0.1) is 0 Å². The van der Waals surface area contributed by atoms with Crippen LogP contribution in [-0.4, -0.2) is 37.7 Å². The number of benzene rings is 1. The summed E-state index contributed by atoms with van der Waals surface area (Å²) in [5.41, 5.74) is 0. The lowest BCUT2D eigenvalue weighted by atomic mass is 10.2. The minimum absolute atomic E-state index is 0.274. The van der Waals surface area contributed by atoms with Crippen molar-refractivity contribution in [2.24, 2.45) is 0 Å². The number of carbonyl (C=O) groups excluding carboxylic acids is 2. The van der Waals surface area contributed by atoms with Crippen molar-refractivity contribution >= 4 is 29.3 Å². The SMILES string of the molecule is O=C(COC(=O)/C=C/c1cccs1)NC[C@@H]1COc2ccccc2O1. The van der Waals surface area contributed by atoms with E-state index in [1.54, 1.807) is 6.08 Å². The zero-order chi connectivity index (χ0) is 17.5. The van der Waals surface area contributed by atoms with Gasteiger partial charge in [-0.3, -0.25) is 4.79 Å². The summed E-state index contributed by atoms with van der Waals surface area (Å²) in [7, 11) is 0. The van der Waals surface area contributed by atoms with Gasteiger partial charge in [0.2, 0.25) is 0 Å². The largest absolute Gasteiger partial charge is 0.486 e. The Balaban J connectivity index is 1.36. The van der Waals surface area contributed by atoms with Crippen molar-refractivity contribution in [2.75, 3.05) is 19.8 Å². The van der Waals surface area contributed by atoms with Gasteiger partial charge in [0, 0.05) is 11.0 Å². The molecule has 1 aliphatic heterocycles. The fraction of sp³-hybridized carbons (Fsp3) is 0.222. The normalized spacial score (nSPS) is 15.8. The van der Waals surface area contributed by atoms with E-state index in [0.29, 0.717) is 18.1 Å². The standard InChI is InChI=1S/C18H17NO5S/c20-17(12-23-18(21)8-7-14-4-3-9-25-14)19-10-13-11-22-15-5-1-2-6-16(15)24-13/h1-9,13H,10-12H2,(H,19,20)/b8-7+/t13-/m1/s1. The fourth-order valence-electron chi connectivity index (χ4n) is 2.16. The Hall–Kier alpha value is -2.80. The summed E-state index contributed by atoms with van der Waals surface area (Å²) < 4.78 is 16.2. The van der Waals surface area contributed by atoms with Crippen LogP contribution in [0.3, 0.4) is 0 Å². The molecule has 130 valence electrons. The summed E-state index contributed by atoms with van der Waals surface area (Å²) in [5.74, 6) is 0.393. The smallest absolute Gasteiger partial charge is 0.331 e. The van der Waals surface area contributed by atoms with Crippen LogP contribution in [0.5, 0.6) is 11.5 Å². The molecule has 0 aliphatic carbocycles. The number of hydrogen-bond acceptors (Lipinski definition) is 6. The van der Waals surface area contributed by atoms with Gasteiger partial charge in [-0.15, -0.1) is 11.3 Å². The van der Waals surface area contributed by atoms with Crippen molar-refractivity contribution in [1.82, 2.24) is 5.32 Å². The molecule has 25 heavy (non-hydrogen) atoms. The van der Waals surface area contributed by atoms with Crippen molar-refractivity contribution in [3.05, 3.63) is 52.7 Å². The van der Waals surface area contributed by atoms with E-state index in [2.05, 4.69) is 5.32 Å². The van der Waals surface area contributed by atoms with E-state index in [9.17, 15) is 9.59 Å². The Morgan fingerprint density at radius 1 is 1.24 bits per heavy atom. The number of carbonyl (C=O) groups is 2. The van der Waals surface area contributed by atoms with Crippen LogP contribution in [0.25, 0.3) is 6.08 Å². The monoisotopic (exact) mass is 359 g/mol. The number of ether oxygens (including phenoxy) is 3. The zero-order valence-corrected chi connectivity index (χ0v) is 14.2. The number of nitrogens with one attached hydrogen (secondary N) is 1. The van der Waals surface area contributed by atoms with Crippen LogP contribution in [-0.2, 0) is 14.3 Å². The quantitative estimate of drug-likeness (QED) is 0.633. The third-order valence-corrected chi connectivity index (χ3v) is 4.20. The number of thiophene rings is 1. The van der Waals surface area contributed by atoms with Crippen LogP contribution in [0.1, 0.15) is 4.88 Å². The average molecular weight is 359 g/mol. The van der Waals surface area contributed by atoms with Crippen molar-refractivity contribution in [2.45, 2.75) is 6.10 Å². The van der Waals surface area contributed by atoms with Gasteiger partial charge in [0.15, 0.2) is 18.1 Å². The lowest BCUT2D eigenvalue weighted by Gasteiger charge is -2.26. The van der Waals surface area contributed by atoms with E-state index >= 15 is 0 Å². The Labute approximate surface area is 149 Å². The van der Waals surface area contributed by atoms with Gasteiger partial charge in [0.25, 0.3) is 5.91 Å². The summed E-state index contributed by atoms with van der Waals surface area (Å²) in [4.78, 5) is 24.3. The third-order valence-electron chi connectivity index (χ3n) is 3.37. The van der Waals surface area contributed by atoms with Crippen molar-refractivity contribution in [3.8, 4) is 11.5 Å².